The summed E-state index contributed by atoms with van der Waals surface area (Å²) in [4.78, 5) is 0. The van der Waals surface area contributed by atoms with E-state index in [1.165, 1.54) is 0 Å². The summed E-state index contributed by atoms with van der Waals surface area (Å²) in [5, 5.41) is 14.8. The van der Waals surface area contributed by atoms with Crippen LogP contribution in [0.5, 0.6) is 0 Å². The fourth-order valence-electron chi connectivity index (χ4n) is 0.688. The van der Waals surface area contributed by atoms with Gasteiger partial charge in [-0.1, -0.05) is 5.92 Å². The van der Waals surface area contributed by atoms with E-state index in [1.807, 2.05) is 6.07 Å². The minimum atomic E-state index is 0.181. The third-order valence-corrected chi connectivity index (χ3v) is 1.36. The van der Waals surface area contributed by atoms with Crippen molar-refractivity contribution in [2.75, 3.05) is 11.5 Å². The third-order valence-electron chi connectivity index (χ3n) is 1.20. The monoisotopic (exact) mass is 178 g/mol. The fourth-order valence-corrected chi connectivity index (χ4v) is 0.767. The molecular weight excluding hydrogens is 172 g/mol. The lowest BCUT2D eigenvalue weighted by Crippen LogP contribution is -1.87. The van der Waals surface area contributed by atoms with Gasteiger partial charge >= 0.3 is 0 Å². The van der Waals surface area contributed by atoms with E-state index in [0.29, 0.717) is 17.0 Å². The third kappa shape index (κ3) is 1.52. The molecule has 0 aromatic carbocycles. The van der Waals surface area contributed by atoms with Gasteiger partial charge in [-0.3, -0.25) is 5.10 Å². The first-order valence-corrected chi connectivity index (χ1v) is 3.76. The van der Waals surface area contributed by atoms with Crippen molar-refractivity contribution in [3.05, 3.63) is 11.3 Å². The molecule has 0 aliphatic carbocycles. The first-order valence-electron chi connectivity index (χ1n) is 3.13. The molecule has 0 bridgehead atoms. The van der Waals surface area contributed by atoms with Crippen LogP contribution in [0.4, 0.5) is 5.82 Å². The van der Waals surface area contributed by atoms with Crippen molar-refractivity contribution in [2.24, 2.45) is 0 Å². The number of anilines is 1. The molecule has 3 N–H and O–H groups in total. The van der Waals surface area contributed by atoms with Crippen LogP contribution in [-0.4, -0.2) is 16.0 Å². The Kier molecular flexibility index (Phi) is 2.62. The van der Waals surface area contributed by atoms with Crippen molar-refractivity contribution in [1.29, 1.82) is 5.26 Å². The van der Waals surface area contributed by atoms with Crippen molar-refractivity contribution in [2.45, 2.75) is 0 Å². The van der Waals surface area contributed by atoms with Gasteiger partial charge in [0, 0.05) is 0 Å². The van der Waals surface area contributed by atoms with Crippen LogP contribution in [-0.2, 0) is 0 Å². The summed E-state index contributed by atoms with van der Waals surface area (Å²) in [7, 11) is 0. The zero-order valence-corrected chi connectivity index (χ0v) is 7.02. The quantitative estimate of drug-likeness (QED) is 0.390. The Morgan fingerprint density at radius 1 is 1.67 bits per heavy atom. The Bertz CT molecular complexity index is 376. The number of nitrogen functional groups attached to an aromatic ring is 1. The van der Waals surface area contributed by atoms with Crippen LogP contribution in [0, 0.1) is 23.2 Å². The Labute approximate surface area is 75.2 Å². The zero-order chi connectivity index (χ0) is 8.97. The number of nitrogens with two attached hydrogens (primary N) is 1. The topological polar surface area (TPSA) is 78.5 Å². The van der Waals surface area contributed by atoms with E-state index in [1.54, 1.807) is 0 Å². The lowest BCUT2D eigenvalue weighted by atomic mass is 10.2. The number of rotatable bonds is 0. The molecule has 4 nitrogen and oxygen atoms in total. The summed E-state index contributed by atoms with van der Waals surface area (Å²) >= 11 is 3.90. The predicted octanol–water partition coefficient (Wildman–Crippen LogP) is 0.145. The first-order chi connectivity index (χ1) is 5.79. The molecule has 0 unspecified atom stereocenters. The maximum atomic E-state index is 8.61. The number of H-pyrrole nitrogens is 1. The molecule has 0 spiro atoms. The SMILES string of the molecule is N#Cc1c(N)n[nH]c1C#CCS. The predicted molar refractivity (Wildman–Crippen MR) is 48.4 cm³/mol. The van der Waals surface area contributed by atoms with Crippen LogP contribution >= 0.6 is 12.6 Å². The van der Waals surface area contributed by atoms with E-state index in [4.69, 9.17) is 11.0 Å². The van der Waals surface area contributed by atoms with Gasteiger partial charge in [-0.2, -0.15) is 23.0 Å². The van der Waals surface area contributed by atoms with Gasteiger partial charge in [0.15, 0.2) is 5.82 Å². The standard InChI is InChI=1S/C7H6N4S/c8-4-5-6(2-1-3-12)10-11-7(5)9/h12H,3H2,(H3,9,10,11). The zero-order valence-electron chi connectivity index (χ0n) is 6.13. The summed E-state index contributed by atoms with van der Waals surface area (Å²) < 4.78 is 0. The van der Waals surface area contributed by atoms with Crippen molar-refractivity contribution >= 4 is 18.4 Å². The number of thiol groups is 1. The summed E-state index contributed by atoms with van der Waals surface area (Å²) in [5.74, 6) is 5.99. The Morgan fingerprint density at radius 3 is 3.00 bits per heavy atom. The van der Waals surface area contributed by atoms with Crippen molar-refractivity contribution in [3.63, 3.8) is 0 Å². The molecule has 12 heavy (non-hydrogen) atoms. The highest BCUT2D eigenvalue weighted by molar-refractivity contribution is 7.80. The number of nitrogens with one attached hydrogen (secondary N) is 1. The Balaban J connectivity index is 3.10. The molecule has 1 aromatic heterocycles. The van der Waals surface area contributed by atoms with E-state index in [2.05, 4.69) is 34.7 Å². The van der Waals surface area contributed by atoms with E-state index in [-0.39, 0.29) is 5.82 Å². The van der Waals surface area contributed by atoms with Gasteiger partial charge in [0.1, 0.15) is 17.3 Å². The number of nitriles is 1. The molecule has 60 valence electrons. The van der Waals surface area contributed by atoms with Crippen molar-refractivity contribution in [3.8, 4) is 17.9 Å². The molecular formula is C7H6N4S. The maximum absolute atomic E-state index is 8.61. The summed E-state index contributed by atoms with van der Waals surface area (Å²) in [6, 6.07) is 1.91. The summed E-state index contributed by atoms with van der Waals surface area (Å²) in [5.41, 5.74) is 6.12. The Morgan fingerprint density at radius 2 is 2.42 bits per heavy atom. The average molecular weight is 178 g/mol. The van der Waals surface area contributed by atoms with Crippen LogP contribution in [0.3, 0.4) is 0 Å². The maximum Gasteiger partial charge on any atom is 0.164 e. The molecule has 5 heteroatoms. The smallest absolute Gasteiger partial charge is 0.164 e. The van der Waals surface area contributed by atoms with Crippen LogP contribution in [0.1, 0.15) is 11.3 Å². The molecule has 1 heterocycles. The number of nitrogens with zero attached hydrogens (tertiary/aromatic N) is 2. The van der Waals surface area contributed by atoms with Crippen LogP contribution in [0.15, 0.2) is 0 Å². The number of aromatic nitrogens is 2. The van der Waals surface area contributed by atoms with E-state index < -0.39 is 0 Å². The summed E-state index contributed by atoms with van der Waals surface area (Å²) in [6.07, 6.45) is 0. The van der Waals surface area contributed by atoms with Gasteiger partial charge in [-0.05, 0) is 5.92 Å². The second kappa shape index (κ2) is 3.70. The average Bonchev–Trinajstić information content (AvgIpc) is 2.43. The van der Waals surface area contributed by atoms with Gasteiger partial charge in [-0.15, -0.1) is 0 Å². The molecule has 1 aromatic rings. The van der Waals surface area contributed by atoms with E-state index >= 15 is 0 Å². The van der Waals surface area contributed by atoms with Crippen molar-refractivity contribution < 1.29 is 0 Å². The molecule has 1 rings (SSSR count). The second-order valence-corrected chi connectivity index (χ2v) is 2.25. The molecule has 0 amide bonds. The molecule has 0 radical (unpaired) electrons. The molecule has 0 atom stereocenters. The van der Waals surface area contributed by atoms with Crippen LogP contribution in [0.2, 0.25) is 0 Å². The minimum Gasteiger partial charge on any atom is -0.381 e. The Hall–Kier alpha value is -1.59. The van der Waals surface area contributed by atoms with Gasteiger partial charge < -0.3 is 5.73 Å². The summed E-state index contributed by atoms with van der Waals surface area (Å²) in [6.45, 7) is 0. The number of aromatic amines is 1. The normalized spacial score (nSPS) is 8.33. The van der Waals surface area contributed by atoms with Gasteiger partial charge in [-0.25, -0.2) is 0 Å². The van der Waals surface area contributed by atoms with Gasteiger partial charge in [0.25, 0.3) is 0 Å². The minimum absolute atomic E-state index is 0.181. The highest BCUT2D eigenvalue weighted by Gasteiger charge is 2.06. The highest BCUT2D eigenvalue weighted by atomic mass is 32.1. The molecule has 0 aliphatic rings. The fraction of sp³-hybridized carbons (Fsp3) is 0.143. The number of hydrogen-bond donors (Lipinski definition) is 3. The van der Waals surface area contributed by atoms with Gasteiger partial charge in [0.05, 0.1) is 5.75 Å². The lowest BCUT2D eigenvalue weighted by molar-refractivity contribution is 1.08. The lowest BCUT2D eigenvalue weighted by Gasteiger charge is -1.81. The highest BCUT2D eigenvalue weighted by Crippen LogP contribution is 2.09. The second-order valence-electron chi connectivity index (χ2n) is 1.93. The molecule has 0 saturated carbocycles. The van der Waals surface area contributed by atoms with Gasteiger partial charge in [0.2, 0.25) is 0 Å². The van der Waals surface area contributed by atoms with E-state index in [0.717, 1.165) is 0 Å². The van der Waals surface area contributed by atoms with Crippen molar-refractivity contribution in [1.82, 2.24) is 10.2 Å². The largest absolute Gasteiger partial charge is 0.381 e. The molecule has 0 aliphatic heterocycles. The van der Waals surface area contributed by atoms with Crippen LogP contribution in [0.25, 0.3) is 0 Å². The van der Waals surface area contributed by atoms with Crippen LogP contribution < -0.4 is 5.73 Å². The first kappa shape index (κ1) is 8.51. The number of hydrogen-bond acceptors (Lipinski definition) is 4. The molecule has 0 saturated heterocycles. The molecule has 0 fully saturated rings. The van der Waals surface area contributed by atoms with E-state index in [9.17, 15) is 0 Å².